The van der Waals surface area contributed by atoms with Gasteiger partial charge < -0.3 is 19.8 Å². The van der Waals surface area contributed by atoms with Gasteiger partial charge in [0.15, 0.2) is 0 Å². The number of hydrogen-bond acceptors (Lipinski definition) is 6. The molecule has 0 unspecified atom stereocenters. The maximum absolute atomic E-state index is 13.7. The first-order chi connectivity index (χ1) is 18.3. The zero-order chi connectivity index (χ0) is 26.9. The summed E-state index contributed by atoms with van der Waals surface area (Å²) in [5.41, 5.74) is 1.72. The standard InChI is InChI=1S/C29H38ClN5O3/c1-3-33(4-2)27(37)25-11-6-20(17-31-25)21-16-24(30)26(32-18-21)34-14-5-12-29(19-34)13-15-35(28(29)38)22-7-9-23(36)10-8-22/h6,11,16-18,22-23,36H,3-5,7-10,12-15,19H2,1-2H3/t22?,23?,29-/m0/s1. The fourth-order valence-corrected chi connectivity index (χ4v) is 6.73. The van der Waals surface area contributed by atoms with Crippen LogP contribution in [-0.2, 0) is 4.79 Å². The third-order valence-electron chi connectivity index (χ3n) is 8.72. The number of hydrogen-bond donors (Lipinski definition) is 1. The Balaban J connectivity index is 1.29. The van der Waals surface area contributed by atoms with Gasteiger partial charge in [-0.25, -0.2) is 4.98 Å². The van der Waals surface area contributed by atoms with E-state index in [0.29, 0.717) is 36.2 Å². The van der Waals surface area contributed by atoms with Crippen LogP contribution in [0, 0.1) is 5.41 Å². The van der Waals surface area contributed by atoms with Crippen LogP contribution in [0.1, 0.15) is 69.3 Å². The quantitative estimate of drug-likeness (QED) is 0.585. The number of halogens is 1. The molecule has 3 aliphatic rings. The lowest BCUT2D eigenvalue weighted by molar-refractivity contribution is -0.139. The molecule has 1 aliphatic carbocycles. The molecular formula is C29H38ClN5O3. The molecule has 2 aromatic heterocycles. The molecule has 8 nitrogen and oxygen atoms in total. The Morgan fingerprint density at radius 3 is 2.47 bits per heavy atom. The van der Waals surface area contributed by atoms with Crippen molar-refractivity contribution in [3.8, 4) is 11.1 Å². The lowest BCUT2D eigenvalue weighted by Gasteiger charge is -2.41. The van der Waals surface area contributed by atoms with E-state index in [1.54, 1.807) is 23.4 Å². The van der Waals surface area contributed by atoms with Gasteiger partial charge in [-0.15, -0.1) is 0 Å². The van der Waals surface area contributed by atoms with E-state index in [0.717, 1.165) is 69.2 Å². The van der Waals surface area contributed by atoms with Crippen LogP contribution in [0.3, 0.4) is 0 Å². The van der Waals surface area contributed by atoms with Crippen molar-refractivity contribution in [2.75, 3.05) is 37.6 Å². The third kappa shape index (κ3) is 5.13. The molecule has 0 aromatic carbocycles. The first-order valence-corrected chi connectivity index (χ1v) is 14.4. The second kappa shape index (κ2) is 11.2. The molecule has 1 spiro atoms. The first-order valence-electron chi connectivity index (χ1n) is 14.0. The van der Waals surface area contributed by atoms with Crippen LogP contribution < -0.4 is 4.90 Å². The van der Waals surface area contributed by atoms with Gasteiger partial charge in [0.1, 0.15) is 11.5 Å². The molecule has 9 heteroatoms. The Kier molecular flexibility index (Phi) is 7.91. The summed E-state index contributed by atoms with van der Waals surface area (Å²) in [6.45, 7) is 7.45. The second-order valence-electron chi connectivity index (χ2n) is 11.0. The van der Waals surface area contributed by atoms with Crippen LogP contribution in [0.2, 0.25) is 5.02 Å². The van der Waals surface area contributed by atoms with E-state index in [1.807, 2.05) is 26.0 Å². The zero-order valence-corrected chi connectivity index (χ0v) is 23.2. The van der Waals surface area contributed by atoms with Crippen LogP contribution in [0.5, 0.6) is 0 Å². The van der Waals surface area contributed by atoms with Gasteiger partial charge >= 0.3 is 0 Å². The van der Waals surface area contributed by atoms with Crippen LogP contribution in [-0.4, -0.2) is 81.6 Å². The van der Waals surface area contributed by atoms with E-state index < -0.39 is 0 Å². The number of amides is 2. The molecule has 1 saturated carbocycles. The van der Waals surface area contributed by atoms with Crippen LogP contribution in [0.4, 0.5) is 5.82 Å². The van der Waals surface area contributed by atoms with E-state index >= 15 is 0 Å². The summed E-state index contributed by atoms with van der Waals surface area (Å²) < 4.78 is 0. The Labute approximate surface area is 230 Å². The van der Waals surface area contributed by atoms with Gasteiger partial charge in [0.25, 0.3) is 5.91 Å². The first kappa shape index (κ1) is 26.9. The highest BCUT2D eigenvalue weighted by Crippen LogP contribution is 2.44. The van der Waals surface area contributed by atoms with E-state index in [2.05, 4.69) is 14.8 Å². The molecular weight excluding hydrogens is 502 g/mol. The Hall–Kier alpha value is -2.71. The fraction of sp³-hybridized carbons (Fsp3) is 0.586. The Morgan fingerprint density at radius 2 is 1.82 bits per heavy atom. The Morgan fingerprint density at radius 1 is 1.08 bits per heavy atom. The minimum atomic E-state index is -0.380. The van der Waals surface area contributed by atoms with Crippen LogP contribution in [0.15, 0.2) is 30.6 Å². The molecule has 204 valence electrons. The van der Waals surface area contributed by atoms with E-state index in [4.69, 9.17) is 16.6 Å². The van der Waals surface area contributed by atoms with Gasteiger partial charge in [-0.05, 0) is 70.9 Å². The van der Waals surface area contributed by atoms with Gasteiger partial charge in [0.2, 0.25) is 5.91 Å². The van der Waals surface area contributed by atoms with Crippen molar-refractivity contribution in [1.29, 1.82) is 0 Å². The summed E-state index contributed by atoms with van der Waals surface area (Å²) in [6, 6.07) is 5.77. The molecule has 1 atom stereocenters. The van der Waals surface area contributed by atoms with E-state index in [-0.39, 0.29) is 29.4 Å². The molecule has 1 N–H and O–H groups in total. The number of anilines is 1. The predicted molar refractivity (Wildman–Crippen MR) is 148 cm³/mol. The zero-order valence-electron chi connectivity index (χ0n) is 22.4. The maximum atomic E-state index is 13.7. The SMILES string of the molecule is CCN(CC)C(=O)c1ccc(-c2cnc(N3CCC[C@]4(CCN(C5CCC(O)CC5)C4=O)C3)c(Cl)c2)cn1. The third-order valence-corrected chi connectivity index (χ3v) is 9.00. The molecule has 2 aromatic rings. The molecule has 3 fully saturated rings. The minimum absolute atomic E-state index is 0.0758. The molecule has 0 radical (unpaired) electrons. The van der Waals surface area contributed by atoms with Crippen LogP contribution in [0.25, 0.3) is 11.1 Å². The number of nitrogens with zero attached hydrogens (tertiary/aromatic N) is 5. The fourth-order valence-electron chi connectivity index (χ4n) is 6.44. The summed E-state index contributed by atoms with van der Waals surface area (Å²) in [5, 5.41) is 10.4. The lowest BCUT2D eigenvalue weighted by Crippen LogP contribution is -2.50. The number of aromatic nitrogens is 2. The summed E-state index contributed by atoms with van der Waals surface area (Å²) in [5.74, 6) is 0.901. The van der Waals surface area contributed by atoms with Crippen molar-refractivity contribution in [1.82, 2.24) is 19.8 Å². The van der Waals surface area contributed by atoms with Crippen molar-refractivity contribution in [2.24, 2.45) is 5.41 Å². The average Bonchev–Trinajstić information content (AvgIpc) is 3.24. The summed E-state index contributed by atoms with van der Waals surface area (Å²) in [4.78, 5) is 41.4. The normalized spacial score (nSPS) is 25.7. The summed E-state index contributed by atoms with van der Waals surface area (Å²) in [6.07, 6.45) is 9.29. The maximum Gasteiger partial charge on any atom is 0.272 e. The number of carbonyl (C=O) groups excluding carboxylic acids is 2. The number of carbonyl (C=O) groups is 2. The highest BCUT2D eigenvalue weighted by atomic mass is 35.5. The van der Waals surface area contributed by atoms with Crippen molar-refractivity contribution in [2.45, 2.75) is 70.9 Å². The number of aliphatic hydroxyl groups excluding tert-OH is 1. The lowest BCUT2D eigenvalue weighted by atomic mass is 9.78. The number of pyridine rings is 2. The van der Waals surface area contributed by atoms with Crippen LogP contribution >= 0.6 is 11.6 Å². The van der Waals surface area contributed by atoms with Crippen molar-refractivity contribution in [3.63, 3.8) is 0 Å². The molecule has 2 amide bonds. The smallest absolute Gasteiger partial charge is 0.272 e. The second-order valence-corrected chi connectivity index (χ2v) is 11.4. The Bertz CT molecular complexity index is 1160. The predicted octanol–water partition coefficient (Wildman–Crippen LogP) is 4.40. The van der Waals surface area contributed by atoms with E-state index in [9.17, 15) is 14.7 Å². The van der Waals surface area contributed by atoms with E-state index in [1.165, 1.54) is 0 Å². The van der Waals surface area contributed by atoms with Gasteiger partial charge in [0, 0.05) is 62.3 Å². The van der Waals surface area contributed by atoms with Crippen molar-refractivity contribution < 1.29 is 14.7 Å². The molecule has 2 saturated heterocycles. The average molecular weight is 540 g/mol. The molecule has 4 heterocycles. The number of likely N-dealkylation sites (tertiary alicyclic amines) is 1. The topological polar surface area (TPSA) is 89.9 Å². The van der Waals surface area contributed by atoms with Crippen molar-refractivity contribution >= 4 is 29.2 Å². The summed E-state index contributed by atoms with van der Waals surface area (Å²) >= 11 is 6.76. The van der Waals surface area contributed by atoms with Gasteiger partial charge in [-0.3, -0.25) is 14.6 Å². The largest absolute Gasteiger partial charge is 0.393 e. The number of rotatable bonds is 6. The molecule has 2 aliphatic heterocycles. The minimum Gasteiger partial charge on any atom is -0.393 e. The highest BCUT2D eigenvalue weighted by molar-refractivity contribution is 6.33. The highest BCUT2D eigenvalue weighted by Gasteiger charge is 2.51. The molecule has 38 heavy (non-hydrogen) atoms. The summed E-state index contributed by atoms with van der Waals surface area (Å²) in [7, 11) is 0. The number of piperidine rings is 1. The van der Waals surface area contributed by atoms with Gasteiger partial charge in [-0.1, -0.05) is 17.7 Å². The monoisotopic (exact) mass is 539 g/mol. The van der Waals surface area contributed by atoms with Gasteiger partial charge in [0.05, 0.1) is 16.5 Å². The molecule has 0 bridgehead atoms. The van der Waals surface area contributed by atoms with Crippen molar-refractivity contribution in [3.05, 3.63) is 41.3 Å². The molecule has 5 rings (SSSR count). The number of aliphatic hydroxyl groups is 1. The van der Waals surface area contributed by atoms with Gasteiger partial charge in [-0.2, -0.15) is 0 Å².